The molecule has 0 spiro atoms. The number of methoxy groups -OCH3 is 3. The molecule has 0 aliphatic heterocycles. The Morgan fingerprint density at radius 2 is 1.81 bits per heavy atom. The highest BCUT2D eigenvalue weighted by atomic mass is 16.5. The van der Waals surface area contributed by atoms with Crippen molar-refractivity contribution in [2.45, 2.75) is 19.9 Å². The van der Waals surface area contributed by atoms with E-state index in [2.05, 4.69) is 25.8 Å². The maximum absolute atomic E-state index is 5.37. The van der Waals surface area contributed by atoms with Crippen molar-refractivity contribution in [3.63, 3.8) is 0 Å². The van der Waals surface area contributed by atoms with Gasteiger partial charge >= 0.3 is 0 Å². The van der Waals surface area contributed by atoms with Crippen molar-refractivity contribution >= 4 is 5.96 Å². The van der Waals surface area contributed by atoms with Gasteiger partial charge in [0.2, 0.25) is 11.6 Å². The van der Waals surface area contributed by atoms with Gasteiger partial charge in [0.25, 0.3) is 0 Å². The van der Waals surface area contributed by atoms with E-state index in [9.17, 15) is 0 Å². The van der Waals surface area contributed by atoms with Gasteiger partial charge in [0.15, 0.2) is 23.3 Å². The molecule has 1 heterocycles. The molecular formula is C17H25N5O4. The number of aromatic nitrogens is 2. The van der Waals surface area contributed by atoms with Gasteiger partial charge in [-0.2, -0.15) is 4.98 Å². The molecule has 0 saturated heterocycles. The molecule has 0 unspecified atom stereocenters. The summed E-state index contributed by atoms with van der Waals surface area (Å²) in [6, 6.07) is 3.78. The Bertz CT molecular complexity index is 719. The predicted molar refractivity (Wildman–Crippen MR) is 97.0 cm³/mol. The Labute approximate surface area is 152 Å². The van der Waals surface area contributed by atoms with Gasteiger partial charge in [0.1, 0.15) is 0 Å². The number of hydrogen-bond donors (Lipinski definition) is 2. The molecule has 2 N–H and O–H groups in total. The predicted octanol–water partition coefficient (Wildman–Crippen LogP) is 1.31. The normalized spacial score (nSPS) is 11.2. The molecule has 0 atom stereocenters. The van der Waals surface area contributed by atoms with Crippen LogP contribution in [0.3, 0.4) is 0 Å². The molecular weight excluding hydrogens is 338 g/mol. The first kappa shape index (κ1) is 19.4. The van der Waals surface area contributed by atoms with Crippen LogP contribution in [-0.4, -0.2) is 51.0 Å². The lowest BCUT2D eigenvalue weighted by Crippen LogP contribution is -2.37. The number of aryl methyl sites for hydroxylation is 1. The third-order valence-electron chi connectivity index (χ3n) is 3.61. The Kier molecular flexibility index (Phi) is 7.07. The van der Waals surface area contributed by atoms with E-state index < -0.39 is 0 Å². The Morgan fingerprint density at radius 3 is 2.31 bits per heavy atom. The summed E-state index contributed by atoms with van der Waals surface area (Å²) >= 11 is 0. The lowest BCUT2D eigenvalue weighted by molar-refractivity contribution is 0.323. The maximum atomic E-state index is 5.37. The number of hydrogen-bond acceptors (Lipinski definition) is 7. The van der Waals surface area contributed by atoms with E-state index in [1.165, 1.54) is 0 Å². The number of ether oxygens (including phenoxy) is 3. The van der Waals surface area contributed by atoms with Crippen molar-refractivity contribution in [1.29, 1.82) is 0 Å². The fourth-order valence-electron chi connectivity index (χ4n) is 2.37. The van der Waals surface area contributed by atoms with Crippen molar-refractivity contribution in [2.75, 3.05) is 34.9 Å². The van der Waals surface area contributed by atoms with Crippen LogP contribution in [0.15, 0.2) is 21.6 Å². The molecule has 9 heteroatoms. The molecule has 0 bridgehead atoms. The topological polar surface area (TPSA) is 103 Å². The molecule has 2 aromatic rings. The summed E-state index contributed by atoms with van der Waals surface area (Å²) in [6.07, 6.45) is 0.617. The van der Waals surface area contributed by atoms with Crippen LogP contribution in [0.2, 0.25) is 0 Å². The second-order valence-corrected chi connectivity index (χ2v) is 5.37. The fraction of sp³-hybridized carbons (Fsp3) is 0.471. The van der Waals surface area contributed by atoms with Crippen LogP contribution in [0, 0.1) is 6.92 Å². The van der Waals surface area contributed by atoms with Crippen LogP contribution >= 0.6 is 0 Å². The van der Waals surface area contributed by atoms with E-state index in [4.69, 9.17) is 18.7 Å². The standard InChI is InChI=1S/C17H25N5O4/c1-11-21-15(26-22-11)6-7-19-17(18-2)20-10-12-8-13(23-3)16(25-5)14(9-12)24-4/h8-9H,6-7,10H2,1-5H3,(H2,18,19,20). The minimum Gasteiger partial charge on any atom is -0.493 e. The van der Waals surface area contributed by atoms with Gasteiger partial charge in [-0.3, -0.25) is 4.99 Å². The third-order valence-corrected chi connectivity index (χ3v) is 3.61. The van der Waals surface area contributed by atoms with Crippen molar-refractivity contribution < 1.29 is 18.7 Å². The highest BCUT2D eigenvalue weighted by Crippen LogP contribution is 2.38. The van der Waals surface area contributed by atoms with Crippen molar-refractivity contribution in [3.05, 3.63) is 29.4 Å². The molecule has 1 aromatic heterocycles. The minimum absolute atomic E-state index is 0.538. The third kappa shape index (κ3) is 5.01. The lowest BCUT2D eigenvalue weighted by Gasteiger charge is -2.15. The Morgan fingerprint density at radius 1 is 1.12 bits per heavy atom. The van der Waals surface area contributed by atoms with Crippen LogP contribution in [0.4, 0.5) is 0 Å². The first-order valence-corrected chi connectivity index (χ1v) is 8.13. The zero-order valence-electron chi connectivity index (χ0n) is 15.8. The summed E-state index contributed by atoms with van der Waals surface area (Å²) in [5.41, 5.74) is 0.968. The van der Waals surface area contributed by atoms with Crippen LogP contribution in [0.1, 0.15) is 17.3 Å². The minimum atomic E-state index is 0.538. The van der Waals surface area contributed by atoms with E-state index in [-0.39, 0.29) is 0 Å². The van der Waals surface area contributed by atoms with Gasteiger partial charge in [0.05, 0.1) is 21.3 Å². The number of nitrogens with zero attached hydrogens (tertiary/aromatic N) is 3. The number of benzene rings is 1. The van der Waals surface area contributed by atoms with Gasteiger partial charge in [0, 0.05) is 26.6 Å². The Hall–Kier alpha value is -2.97. The van der Waals surface area contributed by atoms with Crippen LogP contribution in [0.25, 0.3) is 0 Å². The number of nitrogens with one attached hydrogen (secondary N) is 2. The second-order valence-electron chi connectivity index (χ2n) is 5.37. The summed E-state index contributed by atoms with van der Waals surface area (Å²) in [5, 5.41) is 10.2. The largest absolute Gasteiger partial charge is 0.493 e. The van der Waals surface area contributed by atoms with E-state index in [1.807, 2.05) is 12.1 Å². The van der Waals surface area contributed by atoms with Gasteiger partial charge in [-0.15, -0.1) is 0 Å². The Balaban J connectivity index is 1.93. The number of guanidine groups is 1. The summed E-state index contributed by atoms with van der Waals surface area (Å²) in [7, 11) is 6.47. The molecule has 0 amide bonds. The first-order valence-electron chi connectivity index (χ1n) is 8.13. The molecule has 0 fully saturated rings. The van der Waals surface area contributed by atoms with Gasteiger partial charge < -0.3 is 29.4 Å². The second kappa shape index (κ2) is 9.50. The van der Waals surface area contributed by atoms with E-state index in [0.29, 0.717) is 54.4 Å². The summed E-state index contributed by atoms with van der Waals surface area (Å²) < 4.78 is 21.1. The van der Waals surface area contributed by atoms with E-state index >= 15 is 0 Å². The van der Waals surface area contributed by atoms with Crippen molar-refractivity contribution in [1.82, 2.24) is 20.8 Å². The summed E-state index contributed by atoms with van der Waals surface area (Å²) in [6.45, 7) is 2.95. The van der Waals surface area contributed by atoms with Crippen LogP contribution < -0.4 is 24.8 Å². The van der Waals surface area contributed by atoms with Gasteiger partial charge in [-0.1, -0.05) is 5.16 Å². The highest BCUT2D eigenvalue weighted by Gasteiger charge is 2.13. The van der Waals surface area contributed by atoms with Gasteiger partial charge in [-0.05, 0) is 24.6 Å². The zero-order chi connectivity index (χ0) is 18.9. The highest BCUT2D eigenvalue weighted by molar-refractivity contribution is 5.79. The fourth-order valence-corrected chi connectivity index (χ4v) is 2.37. The SMILES string of the molecule is CN=C(NCCc1nc(C)no1)NCc1cc(OC)c(OC)c(OC)c1. The van der Waals surface area contributed by atoms with E-state index in [1.54, 1.807) is 35.3 Å². The number of rotatable bonds is 8. The van der Waals surface area contributed by atoms with Crippen LogP contribution in [-0.2, 0) is 13.0 Å². The lowest BCUT2D eigenvalue weighted by atomic mass is 10.2. The summed E-state index contributed by atoms with van der Waals surface area (Å²) in [5.74, 6) is 3.67. The van der Waals surface area contributed by atoms with Gasteiger partial charge in [-0.25, -0.2) is 0 Å². The molecule has 142 valence electrons. The maximum Gasteiger partial charge on any atom is 0.228 e. The van der Waals surface area contributed by atoms with E-state index in [0.717, 1.165) is 5.56 Å². The van der Waals surface area contributed by atoms with Crippen LogP contribution in [0.5, 0.6) is 17.2 Å². The van der Waals surface area contributed by atoms with Crippen molar-refractivity contribution in [3.8, 4) is 17.2 Å². The molecule has 9 nitrogen and oxygen atoms in total. The quantitative estimate of drug-likeness (QED) is 0.535. The monoisotopic (exact) mass is 363 g/mol. The molecule has 0 radical (unpaired) electrons. The smallest absolute Gasteiger partial charge is 0.228 e. The molecule has 2 rings (SSSR count). The molecule has 0 saturated carbocycles. The first-order chi connectivity index (χ1) is 12.6. The molecule has 26 heavy (non-hydrogen) atoms. The average molecular weight is 363 g/mol. The number of aliphatic imine (C=N–C) groups is 1. The zero-order valence-corrected chi connectivity index (χ0v) is 15.8. The average Bonchev–Trinajstić information content (AvgIpc) is 3.08. The molecule has 1 aromatic carbocycles. The molecule has 0 aliphatic carbocycles. The molecule has 0 aliphatic rings. The summed E-state index contributed by atoms with van der Waals surface area (Å²) in [4.78, 5) is 8.36. The van der Waals surface area contributed by atoms with Crippen molar-refractivity contribution in [2.24, 2.45) is 4.99 Å².